The van der Waals surface area contributed by atoms with Crippen molar-refractivity contribution < 1.29 is 23.2 Å². The van der Waals surface area contributed by atoms with Crippen molar-refractivity contribution in [2.75, 3.05) is 6.54 Å². The minimum atomic E-state index is -4.69. The first-order chi connectivity index (χ1) is 8.30. The Balaban J connectivity index is 2.75. The molecule has 1 aromatic carbocycles. The lowest BCUT2D eigenvalue weighted by Crippen LogP contribution is -2.31. The molecule has 0 radical (unpaired) electrons. The van der Waals surface area contributed by atoms with Gasteiger partial charge in [0.1, 0.15) is 5.92 Å². The van der Waals surface area contributed by atoms with Crippen LogP contribution in [0.1, 0.15) is 18.1 Å². The number of halogens is 3. The van der Waals surface area contributed by atoms with Crippen LogP contribution in [0, 0.1) is 16.0 Å². The minimum Gasteiger partial charge on any atom is -0.388 e. The molecule has 1 rings (SSSR count). The van der Waals surface area contributed by atoms with E-state index < -0.39 is 36.1 Å². The van der Waals surface area contributed by atoms with Crippen molar-refractivity contribution in [3.63, 3.8) is 0 Å². The zero-order chi connectivity index (χ0) is 13.8. The molecule has 1 N–H and O–H groups in total. The number of hydrogen-bond acceptors (Lipinski definition) is 3. The fourth-order valence-corrected chi connectivity index (χ4v) is 1.57. The van der Waals surface area contributed by atoms with Gasteiger partial charge in [-0.3, -0.25) is 10.1 Å². The predicted molar refractivity (Wildman–Crippen MR) is 57.4 cm³/mol. The maximum atomic E-state index is 12.5. The van der Waals surface area contributed by atoms with Crippen LogP contribution in [0.4, 0.5) is 13.2 Å². The predicted octanol–water partition coefficient (Wildman–Crippen LogP) is 2.57. The van der Waals surface area contributed by atoms with Crippen LogP contribution in [0.2, 0.25) is 0 Å². The number of hydrogen-bond donors (Lipinski definition) is 1. The van der Waals surface area contributed by atoms with Crippen LogP contribution in [-0.2, 0) is 0 Å². The molecule has 2 unspecified atom stereocenters. The van der Waals surface area contributed by atoms with Crippen molar-refractivity contribution in [2.45, 2.75) is 18.7 Å². The SMILES string of the molecule is O=[N+]([O-])CC(CC(O)c1ccccc1)C(F)(F)F. The van der Waals surface area contributed by atoms with Gasteiger partial charge < -0.3 is 5.11 Å². The Kier molecular flexibility index (Phi) is 4.66. The topological polar surface area (TPSA) is 63.4 Å². The highest BCUT2D eigenvalue weighted by Crippen LogP contribution is 2.33. The molecule has 0 aromatic heterocycles. The van der Waals surface area contributed by atoms with Crippen LogP contribution < -0.4 is 0 Å². The van der Waals surface area contributed by atoms with Gasteiger partial charge in [-0.25, -0.2) is 0 Å². The van der Waals surface area contributed by atoms with E-state index in [2.05, 4.69) is 0 Å². The van der Waals surface area contributed by atoms with E-state index in [4.69, 9.17) is 0 Å². The molecular formula is C11H12F3NO3. The highest BCUT2D eigenvalue weighted by atomic mass is 19.4. The third kappa shape index (κ3) is 4.33. The molecule has 0 saturated heterocycles. The Morgan fingerprint density at radius 2 is 1.83 bits per heavy atom. The van der Waals surface area contributed by atoms with Crippen LogP contribution >= 0.6 is 0 Å². The molecule has 7 heteroatoms. The second-order valence-electron chi connectivity index (χ2n) is 3.92. The number of aliphatic hydroxyl groups excluding tert-OH is 1. The Bertz CT molecular complexity index is 394. The molecule has 0 spiro atoms. The lowest BCUT2D eigenvalue weighted by atomic mass is 9.96. The molecule has 0 aliphatic heterocycles. The van der Waals surface area contributed by atoms with Gasteiger partial charge in [0.05, 0.1) is 6.10 Å². The Hall–Kier alpha value is -1.63. The Morgan fingerprint density at radius 3 is 2.28 bits per heavy atom. The van der Waals surface area contributed by atoms with Crippen molar-refractivity contribution in [1.29, 1.82) is 0 Å². The molecule has 100 valence electrons. The number of alkyl halides is 3. The smallest absolute Gasteiger partial charge is 0.388 e. The lowest BCUT2D eigenvalue weighted by molar-refractivity contribution is -0.498. The highest BCUT2D eigenvalue weighted by molar-refractivity contribution is 5.17. The molecule has 2 atom stereocenters. The fourth-order valence-electron chi connectivity index (χ4n) is 1.57. The number of benzene rings is 1. The third-order valence-corrected chi connectivity index (χ3v) is 2.52. The summed E-state index contributed by atoms with van der Waals surface area (Å²) in [6.45, 7) is -1.23. The van der Waals surface area contributed by atoms with E-state index >= 15 is 0 Å². The quantitative estimate of drug-likeness (QED) is 0.656. The van der Waals surface area contributed by atoms with E-state index in [0.717, 1.165) is 0 Å². The van der Waals surface area contributed by atoms with Crippen molar-refractivity contribution in [2.24, 2.45) is 5.92 Å². The molecule has 4 nitrogen and oxygen atoms in total. The molecule has 0 amide bonds. The summed E-state index contributed by atoms with van der Waals surface area (Å²) in [6, 6.07) is 7.77. The molecule has 1 aromatic rings. The van der Waals surface area contributed by atoms with Gasteiger partial charge in [-0.05, 0) is 12.0 Å². The van der Waals surface area contributed by atoms with Crippen molar-refractivity contribution in [3.8, 4) is 0 Å². The van der Waals surface area contributed by atoms with Crippen LogP contribution in [0.25, 0.3) is 0 Å². The normalized spacial score (nSPS) is 15.1. The van der Waals surface area contributed by atoms with Crippen molar-refractivity contribution in [3.05, 3.63) is 46.0 Å². The third-order valence-electron chi connectivity index (χ3n) is 2.52. The Labute approximate surface area is 101 Å². The largest absolute Gasteiger partial charge is 0.398 e. The second kappa shape index (κ2) is 5.81. The first kappa shape index (κ1) is 14.4. The molecular weight excluding hydrogens is 251 g/mol. The standard InChI is InChI=1S/C11H12F3NO3/c12-11(13,14)9(7-15(17)18)6-10(16)8-4-2-1-3-5-8/h1-5,9-10,16H,6-7H2. The molecule has 0 heterocycles. The second-order valence-corrected chi connectivity index (χ2v) is 3.92. The van der Waals surface area contributed by atoms with Crippen LogP contribution in [0.3, 0.4) is 0 Å². The summed E-state index contributed by atoms with van der Waals surface area (Å²) in [7, 11) is 0. The summed E-state index contributed by atoms with van der Waals surface area (Å²) in [5.41, 5.74) is 0.315. The molecule has 0 aliphatic carbocycles. The van der Waals surface area contributed by atoms with E-state index in [1.54, 1.807) is 18.2 Å². The van der Waals surface area contributed by atoms with Crippen molar-refractivity contribution in [1.82, 2.24) is 0 Å². The molecule has 0 saturated carbocycles. The van der Waals surface area contributed by atoms with Gasteiger partial charge >= 0.3 is 6.18 Å². The van der Waals surface area contributed by atoms with E-state index in [1.165, 1.54) is 12.1 Å². The van der Waals surface area contributed by atoms with Gasteiger partial charge in [-0.2, -0.15) is 13.2 Å². The molecule has 0 fully saturated rings. The summed E-state index contributed by atoms with van der Waals surface area (Å²) in [4.78, 5) is 9.18. The molecule has 0 bridgehead atoms. The number of rotatable bonds is 5. The average molecular weight is 263 g/mol. The minimum absolute atomic E-state index is 0.315. The monoisotopic (exact) mass is 263 g/mol. The molecule has 18 heavy (non-hydrogen) atoms. The first-order valence-electron chi connectivity index (χ1n) is 5.22. The Morgan fingerprint density at radius 1 is 1.28 bits per heavy atom. The highest BCUT2D eigenvalue weighted by Gasteiger charge is 2.44. The zero-order valence-electron chi connectivity index (χ0n) is 9.30. The van der Waals surface area contributed by atoms with Gasteiger partial charge in [0.2, 0.25) is 6.54 Å². The fraction of sp³-hybridized carbons (Fsp3) is 0.455. The maximum absolute atomic E-state index is 12.5. The summed E-state index contributed by atoms with van der Waals surface area (Å²) < 4.78 is 37.6. The van der Waals surface area contributed by atoms with Crippen LogP contribution in [-0.4, -0.2) is 22.8 Å². The number of nitrogens with zero attached hydrogens (tertiary/aromatic N) is 1. The summed E-state index contributed by atoms with van der Waals surface area (Å²) in [5, 5.41) is 19.8. The van der Waals surface area contributed by atoms with E-state index in [0.29, 0.717) is 5.56 Å². The van der Waals surface area contributed by atoms with Crippen molar-refractivity contribution >= 4 is 0 Å². The van der Waals surface area contributed by atoms with Gasteiger partial charge in [0.25, 0.3) is 0 Å². The number of nitro groups is 1. The van der Waals surface area contributed by atoms with Gasteiger partial charge in [-0.15, -0.1) is 0 Å². The van der Waals surface area contributed by atoms with E-state index in [9.17, 15) is 28.4 Å². The van der Waals surface area contributed by atoms with Gasteiger partial charge in [0, 0.05) is 4.92 Å². The van der Waals surface area contributed by atoms with E-state index in [-0.39, 0.29) is 0 Å². The number of aliphatic hydroxyl groups is 1. The van der Waals surface area contributed by atoms with Crippen LogP contribution in [0.15, 0.2) is 30.3 Å². The average Bonchev–Trinajstić information content (AvgIpc) is 2.27. The van der Waals surface area contributed by atoms with Gasteiger partial charge in [0.15, 0.2) is 0 Å². The van der Waals surface area contributed by atoms with Crippen LogP contribution in [0.5, 0.6) is 0 Å². The summed E-state index contributed by atoms with van der Waals surface area (Å²) >= 11 is 0. The van der Waals surface area contributed by atoms with E-state index in [1.807, 2.05) is 0 Å². The maximum Gasteiger partial charge on any atom is 0.398 e. The molecule has 0 aliphatic rings. The summed E-state index contributed by atoms with van der Waals surface area (Å²) in [6.07, 6.45) is -6.77. The first-order valence-corrected chi connectivity index (χ1v) is 5.22. The summed E-state index contributed by atoms with van der Waals surface area (Å²) in [5.74, 6) is -2.15. The van der Waals surface area contributed by atoms with Gasteiger partial charge in [-0.1, -0.05) is 30.3 Å². The zero-order valence-corrected chi connectivity index (χ0v) is 9.30. The lowest BCUT2D eigenvalue weighted by Gasteiger charge is -2.19.